The van der Waals surface area contributed by atoms with E-state index in [0.29, 0.717) is 19.3 Å². The van der Waals surface area contributed by atoms with Crippen LogP contribution in [-0.2, 0) is 28.6 Å². The summed E-state index contributed by atoms with van der Waals surface area (Å²) in [4.78, 5) is 38.0. The van der Waals surface area contributed by atoms with E-state index in [-0.39, 0.29) is 37.5 Å². The molecule has 1 atom stereocenters. The summed E-state index contributed by atoms with van der Waals surface area (Å²) in [5.41, 5.74) is 0. The maximum Gasteiger partial charge on any atom is 0.306 e. The first-order valence-corrected chi connectivity index (χ1v) is 27.9. The van der Waals surface area contributed by atoms with Crippen molar-refractivity contribution in [1.29, 1.82) is 0 Å². The van der Waals surface area contributed by atoms with Gasteiger partial charge in [-0.15, -0.1) is 0 Å². The molecule has 0 aliphatic carbocycles. The zero-order chi connectivity index (χ0) is 47.9. The van der Waals surface area contributed by atoms with Crippen LogP contribution in [0.25, 0.3) is 0 Å². The molecule has 0 aromatic carbocycles. The first-order valence-electron chi connectivity index (χ1n) is 27.9. The highest BCUT2D eigenvalue weighted by atomic mass is 16.6. The molecule has 380 valence electrons. The van der Waals surface area contributed by atoms with Gasteiger partial charge in [0, 0.05) is 19.3 Å². The van der Waals surface area contributed by atoms with Gasteiger partial charge in [0.25, 0.3) is 0 Å². The second kappa shape index (κ2) is 54.5. The van der Waals surface area contributed by atoms with Crippen LogP contribution in [0.3, 0.4) is 0 Å². The van der Waals surface area contributed by atoms with E-state index in [0.717, 1.165) is 77.0 Å². The van der Waals surface area contributed by atoms with E-state index in [1.807, 2.05) is 6.08 Å². The van der Waals surface area contributed by atoms with E-state index in [2.05, 4.69) is 87.6 Å². The Balaban J connectivity index is 4.45. The summed E-state index contributed by atoms with van der Waals surface area (Å²) >= 11 is 0. The van der Waals surface area contributed by atoms with Gasteiger partial charge < -0.3 is 14.2 Å². The van der Waals surface area contributed by atoms with Gasteiger partial charge >= 0.3 is 17.9 Å². The first-order chi connectivity index (χ1) is 32.5. The molecule has 1 unspecified atom stereocenters. The van der Waals surface area contributed by atoms with Gasteiger partial charge in [-0.1, -0.05) is 267 Å². The molecule has 0 rings (SSSR count). The molecule has 0 fully saturated rings. The fourth-order valence-electron chi connectivity index (χ4n) is 7.82. The van der Waals surface area contributed by atoms with E-state index in [1.54, 1.807) is 0 Å². The van der Waals surface area contributed by atoms with Gasteiger partial charge in [0.2, 0.25) is 0 Å². The predicted octanol–water partition coefficient (Wildman–Crippen LogP) is 18.6. The first kappa shape index (κ1) is 62.8. The number of hydrogen-bond donors (Lipinski definition) is 0. The molecule has 0 bridgehead atoms. The van der Waals surface area contributed by atoms with Crippen LogP contribution < -0.4 is 0 Å². The molecular weight excluding hydrogens is 817 g/mol. The molecule has 6 heteroatoms. The number of ether oxygens (including phenoxy) is 3. The topological polar surface area (TPSA) is 78.9 Å². The lowest BCUT2D eigenvalue weighted by Crippen LogP contribution is -2.30. The summed E-state index contributed by atoms with van der Waals surface area (Å²) in [5.74, 6) is -0.973. The second-order valence-electron chi connectivity index (χ2n) is 18.5. The SMILES string of the molecule is CC/C=C\C/C=C\C/C=C\C/C=C\C/C=C\C/C=C\CCC(=O)OCC(COC(=O)CCCCCCCCCCCCCC)OC(=O)CCCCCCCCCCCCCCCCCCC. The van der Waals surface area contributed by atoms with Gasteiger partial charge in [-0.25, -0.2) is 0 Å². The number of unbranched alkanes of at least 4 members (excludes halogenated alkanes) is 27. The monoisotopic (exact) mass is 921 g/mol. The van der Waals surface area contributed by atoms with Gasteiger partial charge in [0.05, 0.1) is 0 Å². The number of rotatable bonds is 50. The summed E-state index contributed by atoms with van der Waals surface area (Å²) in [6, 6.07) is 0. The van der Waals surface area contributed by atoms with Gasteiger partial charge in [-0.3, -0.25) is 14.4 Å². The summed E-state index contributed by atoms with van der Waals surface area (Å²) in [7, 11) is 0. The Morgan fingerprint density at radius 1 is 0.318 bits per heavy atom. The molecule has 0 saturated heterocycles. The van der Waals surface area contributed by atoms with E-state index in [4.69, 9.17) is 14.2 Å². The van der Waals surface area contributed by atoms with Gasteiger partial charge in [-0.05, 0) is 57.8 Å². The largest absolute Gasteiger partial charge is 0.462 e. The van der Waals surface area contributed by atoms with Crippen molar-refractivity contribution in [2.45, 2.75) is 277 Å². The van der Waals surface area contributed by atoms with Crippen LogP contribution in [-0.4, -0.2) is 37.2 Å². The van der Waals surface area contributed by atoms with E-state index in [1.165, 1.54) is 148 Å². The molecule has 0 spiro atoms. The summed E-state index contributed by atoms with van der Waals surface area (Å²) < 4.78 is 16.8. The zero-order valence-corrected chi connectivity index (χ0v) is 43.4. The average Bonchev–Trinajstić information content (AvgIpc) is 3.31. The van der Waals surface area contributed by atoms with Crippen molar-refractivity contribution in [1.82, 2.24) is 0 Å². The normalized spacial score (nSPS) is 12.6. The average molecular weight is 921 g/mol. The molecule has 66 heavy (non-hydrogen) atoms. The lowest BCUT2D eigenvalue weighted by atomic mass is 10.0. The van der Waals surface area contributed by atoms with Crippen molar-refractivity contribution >= 4 is 17.9 Å². The number of esters is 3. The molecule has 0 aromatic heterocycles. The Kier molecular flexibility index (Phi) is 51.9. The van der Waals surface area contributed by atoms with Gasteiger partial charge in [0.15, 0.2) is 6.10 Å². The lowest BCUT2D eigenvalue weighted by molar-refractivity contribution is -0.166. The smallest absolute Gasteiger partial charge is 0.306 e. The van der Waals surface area contributed by atoms with Gasteiger partial charge in [-0.2, -0.15) is 0 Å². The van der Waals surface area contributed by atoms with Crippen LogP contribution in [0.1, 0.15) is 271 Å². The fraction of sp³-hybridized carbons (Fsp3) is 0.750. The third kappa shape index (κ3) is 51.8. The third-order valence-corrected chi connectivity index (χ3v) is 12.0. The summed E-state index contributed by atoms with van der Waals surface area (Å²) in [6.07, 6.45) is 69.0. The van der Waals surface area contributed by atoms with Crippen molar-refractivity contribution < 1.29 is 28.6 Å². The fourth-order valence-corrected chi connectivity index (χ4v) is 7.82. The molecule has 0 aromatic rings. The summed E-state index contributed by atoms with van der Waals surface area (Å²) in [6.45, 7) is 6.48. The number of carbonyl (C=O) groups is 3. The minimum atomic E-state index is -0.802. The molecule has 0 amide bonds. The third-order valence-electron chi connectivity index (χ3n) is 12.0. The minimum Gasteiger partial charge on any atom is -0.462 e. The molecular formula is C60H104O6. The number of allylic oxidation sites excluding steroid dienone is 12. The zero-order valence-electron chi connectivity index (χ0n) is 43.4. The van der Waals surface area contributed by atoms with Crippen LogP contribution in [0.5, 0.6) is 0 Å². The van der Waals surface area contributed by atoms with Crippen LogP contribution in [0.2, 0.25) is 0 Å². The predicted molar refractivity (Wildman–Crippen MR) is 284 cm³/mol. The van der Waals surface area contributed by atoms with Crippen LogP contribution in [0.15, 0.2) is 72.9 Å². The van der Waals surface area contributed by atoms with Crippen molar-refractivity contribution in [2.75, 3.05) is 13.2 Å². The number of hydrogen-bond acceptors (Lipinski definition) is 6. The highest BCUT2D eigenvalue weighted by molar-refractivity contribution is 5.71. The molecule has 0 aliphatic heterocycles. The standard InChI is InChI=1S/C60H104O6/c1-4-7-10-13-16-19-22-25-27-29-30-32-33-35-38-41-44-47-50-53-59(62)65-56-57(55-64-58(61)52-49-46-43-40-37-24-21-18-15-12-9-6-3)66-60(63)54-51-48-45-42-39-36-34-31-28-26-23-20-17-14-11-8-5-2/h7,10,16,19,25,27,30,32,35,38,44,47,57H,4-6,8-9,11-15,17-18,20-24,26,28-29,31,33-34,36-37,39-43,45-46,48-56H2,1-3H3/b10-7-,19-16-,27-25-,32-30-,38-35-,47-44-. The maximum absolute atomic E-state index is 12.8. The molecule has 0 saturated carbocycles. The van der Waals surface area contributed by atoms with Crippen LogP contribution in [0, 0.1) is 0 Å². The molecule has 0 heterocycles. The van der Waals surface area contributed by atoms with E-state index >= 15 is 0 Å². The molecule has 0 N–H and O–H groups in total. The van der Waals surface area contributed by atoms with Crippen LogP contribution >= 0.6 is 0 Å². The number of carbonyl (C=O) groups excluding carboxylic acids is 3. The van der Waals surface area contributed by atoms with Gasteiger partial charge in [0.1, 0.15) is 13.2 Å². The van der Waals surface area contributed by atoms with Crippen LogP contribution in [0.4, 0.5) is 0 Å². The molecule has 6 nitrogen and oxygen atoms in total. The Morgan fingerprint density at radius 2 is 0.591 bits per heavy atom. The Labute approximate surface area is 408 Å². The Bertz CT molecular complexity index is 1240. The van der Waals surface area contributed by atoms with E-state index in [9.17, 15) is 14.4 Å². The minimum absolute atomic E-state index is 0.0949. The summed E-state index contributed by atoms with van der Waals surface area (Å²) in [5, 5.41) is 0. The van der Waals surface area contributed by atoms with E-state index < -0.39 is 6.10 Å². The quantitative estimate of drug-likeness (QED) is 0.0262. The highest BCUT2D eigenvalue weighted by Crippen LogP contribution is 2.16. The highest BCUT2D eigenvalue weighted by Gasteiger charge is 2.19. The molecule has 0 radical (unpaired) electrons. The van der Waals surface area contributed by atoms with Crippen molar-refractivity contribution in [2.24, 2.45) is 0 Å². The Morgan fingerprint density at radius 3 is 0.924 bits per heavy atom. The second-order valence-corrected chi connectivity index (χ2v) is 18.5. The Hall–Kier alpha value is -3.15. The van der Waals surface area contributed by atoms with Crippen molar-refractivity contribution in [3.63, 3.8) is 0 Å². The maximum atomic E-state index is 12.8. The molecule has 0 aliphatic rings. The lowest BCUT2D eigenvalue weighted by Gasteiger charge is -2.18. The van der Waals surface area contributed by atoms with Crippen molar-refractivity contribution in [3.05, 3.63) is 72.9 Å². The van der Waals surface area contributed by atoms with Crippen molar-refractivity contribution in [3.8, 4) is 0 Å².